The summed E-state index contributed by atoms with van der Waals surface area (Å²) in [7, 11) is -3.94. The third-order valence-corrected chi connectivity index (χ3v) is 49.4. The van der Waals surface area contributed by atoms with Crippen molar-refractivity contribution in [2.75, 3.05) is 0 Å². The molecule has 114 valence electrons. The molecular formula is C17H34Si3. The summed E-state index contributed by atoms with van der Waals surface area (Å²) in [5.74, 6) is 0. The Bertz CT molecular complexity index is 419. The average Bonchev–Trinajstić information content (AvgIpc) is 2.27. The van der Waals surface area contributed by atoms with Crippen LogP contribution in [0, 0.1) is 0 Å². The lowest BCUT2D eigenvalue weighted by atomic mass is 10.4. The van der Waals surface area contributed by atoms with Gasteiger partial charge in [-0.25, -0.2) is 0 Å². The van der Waals surface area contributed by atoms with Crippen molar-refractivity contribution in [3.8, 4) is 0 Å². The summed E-state index contributed by atoms with van der Waals surface area (Å²) in [6, 6.07) is 11.5. The molecule has 0 spiro atoms. The van der Waals surface area contributed by atoms with Gasteiger partial charge in [0.2, 0.25) is 0 Å². The molecule has 0 radical (unpaired) electrons. The molecule has 0 aliphatic heterocycles. The van der Waals surface area contributed by atoms with Gasteiger partial charge < -0.3 is 0 Å². The fourth-order valence-corrected chi connectivity index (χ4v) is 61.7. The fraction of sp³-hybridized carbons (Fsp3) is 0.647. The Balaban J connectivity index is 3.60. The molecule has 0 saturated carbocycles. The van der Waals surface area contributed by atoms with E-state index in [1.54, 1.807) is 5.19 Å². The van der Waals surface area contributed by atoms with Gasteiger partial charge in [0.1, 0.15) is 0 Å². The van der Waals surface area contributed by atoms with E-state index in [9.17, 15) is 0 Å². The molecule has 3 heteroatoms. The van der Waals surface area contributed by atoms with Crippen LogP contribution in [0.15, 0.2) is 30.3 Å². The normalized spacial score (nSPS) is 14.2. The minimum atomic E-state index is -1.42. The fourth-order valence-electron chi connectivity index (χ4n) is 5.87. The second-order valence-electron chi connectivity index (χ2n) is 8.42. The molecular weight excluding hydrogens is 288 g/mol. The summed E-state index contributed by atoms with van der Waals surface area (Å²) in [5.41, 5.74) is 1.77. The molecule has 0 amide bonds. The smallest absolute Gasteiger partial charge is 0.0716 e. The van der Waals surface area contributed by atoms with E-state index in [0.717, 1.165) is 11.1 Å². The van der Waals surface area contributed by atoms with Gasteiger partial charge in [0.05, 0.1) is 14.7 Å². The summed E-state index contributed by atoms with van der Waals surface area (Å²) in [4.78, 5) is 0. The maximum atomic E-state index is 2.67. The maximum Gasteiger partial charge on any atom is 0.0723 e. The number of rotatable bonds is 5. The van der Waals surface area contributed by atoms with Gasteiger partial charge in [-0.05, 0) is 0 Å². The van der Waals surface area contributed by atoms with Crippen LogP contribution in [0.5, 0.6) is 0 Å². The zero-order chi connectivity index (χ0) is 15.8. The number of benzene rings is 1. The first-order valence-electron chi connectivity index (χ1n) is 8.05. The van der Waals surface area contributed by atoms with E-state index in [1.165, 1.54) is 0 Å². The minimum Gasteiger partial charge on any atom is -0.0716 e. The quantitative estimate of drug-likeness (QED) is 0.640. The van der Waals surface area contributed by atoms with Crippen LogP contribution >= 0.6 is 0 Å². The van der Waals surface area contributed by atoms with E-state index in [-0.39, 0.29) is 0 Å². The first-order chi connectivity index (χ1) is 8.99. The highest BCUT2D eigenvalue weighted by molar-refractivity contribution is 7.72. The highest BCUT2D eigenvalue weighted by atomic mass is 29.6. The Morgan fingerprint density at radius 1 is 0.700 bits per heavy atom. The molecule has 0 nitrogen and oxygen atoms in total. The van der Waals surface area contributed by atoms with Crippen LogP contribution in [0.25, 0.3) is 0 Å². The molecule has 1 aromatic carbocycles. The first kappa shape index (κ1) is 17.9. The van der Waals surface area contributed by atoms with Crippen LogP contribution in [0.1, 0.15) is 27.7 Å². The lowest BCUT2D eigenvalue weighted by molar-refractivity contribution is 0.939. The van der Waals surface area contributed by atoms with Crippen molar-refractivity contribution in [1.82, 2.24) is 0 Å². The number of hydrogen-bond donors (Lipinski definition) is 0. The molecule has 0 aliphatic carbocycles. The van der Waals surface area contributed by atoms with E-state index in [2.05, 4.69) is 90.8 Å². The van der Waals surface area contributed by atoms with Crippen molar-refractivity contribution in [3.63, 3.8) is 0 Å². The molecule has 0 aliphatic rings. The second-order valence-corrected chi connectivity index (χ2v) is 35.5. The standard InChI is InChI=1S/C17H34Si3/c1-15(2)20(16(3)4,18(5,6)7)19(8,9)17-13-11-10-12-14-17/h10-16H,1-9H3. The van der Waals surface area contributed by atoms with Gasteiger partial charge in [0.25, 0.3) is 0 Å². The molecule has 0 N–H and O–H groups in total. The Morgan fingerprint density at radius 2 is 1.10 bits per heavy atom. The van der Waals surface area contributed by atoms with Crippen LogP contribution in [-0.4, -0.2) is 22.3 Å². The summed E-state index contributed by atoms with van der Waals surface area (Å²) in [6.07, 6.45) is 0. The molecule has 0 saturated heterocycles. The van der Waals surface area contributed by atoms with E-state index < -0.39 is 22.3 Å². The molecule has 1 rings (SSSR count). The Morgan fingerprint density at radius 3 is 1.40 bits per heavy atom. The van der Waals surface area contributed by atoms with Crippen LogP contribution in [0.3, 0.4) is 0 Å². The van der Waals surface area contributed by atoms with E-state index in [0.29, 0.717) is 0 Å². The van der Waals surface area contributed by atoms with E-state index in [1.807, 2.05) is 0 Å². The third-order valence-electron chi connectivity index (χ3n) is 5.59. The maximum absolute atomic E-state index is 2.67. The van der Waals surface area contributed by atoms with E-state index in [4.69, 9.17) is 0 Å². The van der Waals surface area contributed by atoms with Crippen molar-refractivity contribution in [3.05, 3.63) is 30.3 Å². The van der Waals surface area contributed by atoms with Gasteiger partial charge >= 0.3 is 0 Å². The first-order valence-corrected chi connectivity index (χ1v) is 18.7. The molecule has 0 fully saturated rings. The predicted octanol–water partition coefficient (Wildman–Crippen LogP) is 5.37. The molecule has 1 aromatic rings. The topological polar surface area (TPSA) is 0 Å². The lowest BCUT2D eigenvalue weighted by Crippen LogP contribution is -2.79. The summed E-state index contributed by atoms with van der Waals surface area (Å²) >= 11 is 0. The van der Waals surface area contributed by atoms with Crippen molar-refractivity contribution in [2.24, 2.45) is 0 Å². The van der Waals surface area contributed by atoms with Gasteiger partial charge in [-0.15, -0.1) is 0 Å². The van der Waals surface area contributed by atoms with Crippen molar-refractivity contribution in [1.29, 1.82) is 0 Å². The Hall–Kier alpha value is -0.129. The van der Waals surface area contributed by atoms with Gasteiger partial charge in [-0.2, -0.15) is 0 Å². The molecule has 0 bridgehead atoms. The minimum absolute atomic E-state index is 0.885. The summed E-state index contributed by atoms with van der Waals surface area (Å²) < 4.78 is 0. The SMILES string of the molecule is CC(C)[Si](C(C)C)([Si](C)(C)C)[Si](C)(C)c1ccccc1. The molecule has 0 unspecified atom stereocenters. The summed E-state index contributed by atoms with van der Waals surface area (Å²) in [5, 5.41) is 1.69. The molecule has 20 heavy (non-hydrogen) atoms. The van der Waals surface area contributed by atoms with Crippen LogP contribution < -0.4 is 5.19 Å². The Labute approximate surface area is 129 Å². The van der Waals surface area contributed by atoms with Gasteiger partial charge in [-0.1, -0.05) is 107 Å². The lowest BCUT2D eigenvalue weighted by Gasteiger charge is -2.57. The van der Waals surface area contributed by atoms with Gasteiger partial charge in [0, 0.05) is 7.59 Å². The van der Waals surface area contributed by atoms with Crippen molar-refractivity contribution in [2.45, 2.75) is 71.5 Å². The third kappa shape index (κ3) is 2.64. The predicted molar refractivity (Wildman–Crippen MR) is 103 cm³/mol. The van der Waals surface area contributed by atoms with E-state index >= 15 is 0 Å². The molecule has 0 aromatic heterocycles. The van der Waals surface area contributed by atoms with Gasteiger partial charge in [0.15, 0.2) is 0 Å². The zero-order valence-corrected chi connectivity index (χ0v) is 18.0. The van der Waals surface area contributed by atoms with Gasteiger partial charge in [-0.3, -0.25) is 0 Å². The highest BCUT2D eigenvalue weighted by Crippen LogP contribution is 2.45. The molecule has 0 atom stereocenters. The highest BCUT2D eigenvalue weighted by Gasteiger charge is 2.60. The molecule has 0 heterocycles. The monoisotopic (exact) mass is 322 g/mol. The summed E-state index contributed by atoms with van der Waals surface area (Å²) in [6.45, 7) is 23.4. The Kier molecular flexibility index (Phi) is 5.32. The van der Waals surface area contributed by atoms with Crippen LogP contribution in [0.2, 0.25) is 43.8 Å². The van der Waals surface area contributed by atoms with Crippen molar-refractivity contribution >= 4 is 27.5 Å². The number of hydrogen-bond acceptors (Lipinski definition) is 0. The average molecular weight is 323 g/mol. The largest absolute Gasteiger partial charge is 0.0723 e. The van der Waals surface area contributed by atoms with Crippen LogP contribution in [-0.2, 0) is 0 Å². The second kappa shape index (κ2) is 5.93. The zero-order valence-electron chi connectivity index (χ0n) is 15.0. The van der Waals surface area contributed by atoms with Crippen LogP contribution in [0.4, 0.5) is 0 Å². The van der Waals surface area contributed by atoms with Crippen molar-refractivity contribution < 1.29 is 0 Å².